The lowest BCUT2D eigenvalue weighted by Crippen LogP contribution is -2.11. The van der Waals surface area contributed by atoms with Crippen LogP contribution in [-0.2, 0) is 6.54 Å². The minimum absolute atomic E-state index is 0.327. The van der Waals surface area contributed by atoms with Crippen molar-refractivity contribution in [2.75, 3.05) is 7.05 Å². The number of primary amides is 1. The monoisotopic (exact) mass is 314 g/mol. The summed E-state index contributed by atoms with van der Waals surface area (Å²) in [7, 11) is 1.91. The molecule has 0 radical (unpaired) electrons. The molecule has 1 aromatic heterocycles. The highest BCUT2D eigenvalue weighted by Crippen LogP contribution is 2.24. The number of carbonyl (C=O) groups is 1. The Morgan fingerprint density at radius 2 is 2.05 bits per heavy atom. The van der Waals surface area contributed by atoms with E-state index in [-0.39, 0.29) is 0 Å². The van der Waals surface area contributed by atoms with Crippen LogP contribution < -0.4 is 11.1 Å². The normalized spacial score (nSPS) is 11.0. The zero-order valence-corrected chi connectivity index (χ0v) is 12.8. The van der Waals surface area contributed by atoms with Crippen molar-refractivity contribution in [1.29, 1.82) is 0 Å². The molecule has 22 heavy (non-hydrogen) atoms. The van der Waals surface area contributed by atoms with Crippen LogP contribution >= 0.6 is 11.6 Å². The molecule has 0 spiro atoms. The summed E-state index contributed by atoms with van der Waals surface area (Å²) in [5.41, 5.74) is 8.36. The third-order valence-electron chi connectivity index (χ3n) is 3.42. The van der Waals surface area contributed by atoms with Crippen molar-refractivity contribution >= 4 is 28.4 Å². The average molecular weight is 315 g/mol. The van der Waals surface area contributed by atoms with Crippen LogP contribution in [0.3, 0.4) is 0 Å². The first-order valence-electron chi connectivity index (χ1n) is 6.81. The number of halogens is 1. The Kier molecular flexibility index (Phi) is 3.83. The number of rotatable bonds is 4. The Morgan fingerprint density at radius 1 is 1.32 bits per heavy atom. The number of aromatic nitrogens is 2. The van der Waals surface area contributed by atoms with Crippen molar-refractivity contribution in [2.45, 2.75) is 6.54 Å². The number of nitrogens with zero attached hydrogens (tertiary/aromatic N) is 2. The number of nitrogens with one attached hydrogen (secondary N) is 1. The highest BCUT2D eigenvalue weighted by atomic mass is 35.5. The Balaban J connectivity index is 2.08. The van der Waals surface area contributed by atoms with Crippen LogP contribution in [0.25, 0.3) is 16.6 Å². The Labute approximate surface area is 132 Å². The standard InChI is InChI=1S/C16H15ClN4O/c1-19-8-10-2-4-13(5-3-10)21-9-11-6-12(17)7-14(16(18)22)15(11)20-21/h2-7,9,19H,8H2,1H3,(H2,18,22). The van der Waals surface area contributed by atoms with Crippen molar-refractivity contribution in [3.63, 3.8) is 0 Å². The van der Waals surface area contributed by atoms with Gasteiger partial charge in [0.15, 0.2) is 0 Å². The number of benzene rings is 2. The van der Waals surface area contributed by atoms with Gasteiger partial charge in [0.1, 0.15) is 5.52 Å². The van der Waals surface area contributed by atoms with Crippen molar-refractivity contribution in [3.05, 3.63) is 58.7 Å². The molecule has 1 heterocycles. The van der Waals surface area contributed by atoms with Crippen LogP contribution in [0.5, 0.6) is 0 Å². The first-order chi connectivity index (χ1) is 10.6. The number of nitrogens with two attached hydrogens (primary N) is 1. The van der Waals surface area contributed by atoms with Gasteiger partial charge in [0, 0.05) is 23.2 Å². The van der Waals surface area contributed by atoms with Crippen LogP contribution in [0.2, 0.25) is 5.02 Å². The van der Waals surface area contributed by atoms with Gasteiger partial charge in [-0.15, -0.1) is 0 Å². The van der Waals surface area contributed by atoms with Gasteiger partial charge in [0.2, 0.25) is 0 Å². The van der Waals surface area contributed by atoms with E-state index >= 15 is 0 Å². The van der Waals surface area contributed by atoms with Gasteiger partial charge >= 0.3 is 0 Å². The Bertz CT molecular complexity index is 839. The maximum absolute atomic E-state index is 11.5. The number of amides is 1. The van der Waals surface area contributed by atoms with Gasteiger partial charge in [0.25, 0.3) is 5.91 Å². The van der Waals surface area contributed by atoms with Gasteiger partial charge in [-0.1, -0.05) is 23.7 Å². The second-order valence-corrected chi connectivity index (χ2v) is 5.46. The lowest BCUT2D eigenvalue weighted by molar-refractivity contribution is 0.100. The van der Waals surface area contributed by atoms with Crippen molar-refractivity contribution < 1.29 is 4.79 Å². The van der Waals surface area contributed by atoms with E-state index in [1.165, 1.54) is 5.56 Å². The summed E-state index contributed by atoms with van der Waals surface area (Å²) >= 11 is 6.03. The smallest absolute Gasteiger partial charge is 0.251 e. The van der Waals surface area contributed by atoms with Crippen molar-refractivity contribution in [1.82, 2.24) is 15.1 Å². The third-order valence-corrected chi connectivity index (χ3v) is 3.64. The summed E-state index contributed by atoms with van der Waals surface area (Å²) < 4.78 is 1.72. The van der Waals surface area contributed by atoms with Gasteiger partial charge in [-0.2, -0.15) is 5.10 Å². The van der Waals surface area contributed by atoms with E-state index in [9.17, 15) is 4.79 Å². The van der Waals surface area contributed by atoms with Gasteiger partial charge < -0.3 is 11.1 Å². The Morgan fingerprint density at radius 3 is 2.68 bits per heavy atom. The molecule has 0 fully saturated rings. The molecule has 0 saturated heterocycles. The molecule has 0 bridgehead atoms. The third kappa shape index (κ3) is 2.68. The van der Waals surface area contributed by atoms with E-state index in [0.717, 1.165) is 17.6 Å². The second kappa shape index (κ2) is 5.79. The lowest BCUT2D eigenvalue weighted by atomic mass is 10.1. The summed E-state index contributed by atoms with van der Waals surface area (Å²) in [6, 6.07) is 11.3. The second-order valence-electron chi connectivity index (χ2n) is 5.03. The molecule has 0 aliphatic carbocycles. The first-order valence-corrected chi connectivity index (χ1v) is 7.19. The number of fused-ring (bicyclic) bond motifs is 1. The molecule has 3 aromatic rings. The number of carbonyl (C=O) groups excluding carboxylic acids is 1. The van der Waals surface area contributed by atoms with Crippen LogP contribution in [0, 0.1) is 0 Å². The highest BCUT2D eigenvalue weighted by Gasteiger charge is 2.13. The maximum atomic E-state index is 11.5. The van der Waals surface area contributed by atoms with Crippen LogP contribution in [0.4, 0.5) is 0 Å². The SMILES string of the molecule is CNCc1ccc(-n2cc3cc(Cl)cc(C(N)=O)c3n2)cc1. The van der Waals surface area contributed by atoms with E-state index in [2.05, 4.69) is 10.4 Å². The van der Waals surface area contributed by atoms with E-state index < -0.39 is 5.91 Å². The average Bonchev–Trinajstić information content (AvgIpc) is 2.91. The molecule has 0 saturated carbocycles. The van der Waals surface area contributed by atoms with Crippen LogP contribution in [-0.4, -0.2) is 22.7 Å². The zero-order chi connectivity index (χ0) is 15.7. The zero-order valence-electron chi connectivity index (χ0n) is 12.0. The molecule has 0 atom stereocenters. The molecule has 0 aliphatic heterocycles. The summed E-state index contributed by atoms with van der Waals surface area (Å²) in [5, 5.41) is 8.81. The van der Waals surface area contributed by atoms with E-state index in [1.54, 1.807) is 16.8 Å². The van der Waals surface area contributed by atoms with Crippen LogP contribution in [0.15, 0.2) is 42.6 Å². The minimum atomic E-state index is -0.540. The maximum Gasteiger partial charge on any atom is 0.251 e. The molecule has 2 aromatic carbocycles. The molecule has 0 aliphatic rings. The molecule has 1 amide bonds. The topological polar surface area (TPSA) is 72.9 Å². The number of hydrogen-bond donors (Lipinski definition) is 2. The fourth-order valence-electron chi connectivity index (χ4n) is 2.39. The largest absolute Gasteiger partial charge is 0.366 e. The van der Waals surface area contributed by atoms with Gasteiger partial charge in [-0.05, 0) is 36.9 Å². The van der Waals surface area contributed by atoms with Gasteiger partial charge in [0.05, 0.1) is 11.3 Å². The highest BCUT2D eigenvalue weighted by molar-refractivity contribution is 6.32. The summed E-state index contributed by atoms with van der Waals surface area (Å²) in [6.45, 7) is 0.808. The minimum Gasteiger partial charge on any atom is -0.366 e. The summed E-state index contributed by atoms with van der Waals surface area (Å²) in [4.78, 5) is 11.5. The molecular formula is C16H15ClN4O. The summed E-state index contributed by atoms with van der Waals surface area (Å²) in [6.07, 6.45) is 1.83. The Hall–Kier alpha value is -2.37. The van der Waals surface area contributed by atoms with Gasteiger partial charge in [-0.25, -0.2) is 4.68 Å². The predicted molar refractivity (Wildman–Crippen MR) is 87.4 cm³/mol. The fraction of sp³-hybridized carbons (Fsp3) is 0.125. The molecule has 5 nitrogen and oxygen atoms in total. The first kappa shape index (κ1) is 14.6. The summed E-state index contributed by atoms with van der Waals surface area (Å²) in [5.74, 6) is -0.540. The van der Waals surface area contributed by atoms with Crippen molar-refractivity contribution in [3.8, 4) is 5.69 Å². The fourth-order valence-corrected chi connectivity index (χ4v) is 2.62. The predicted octanol–water partition coefficient (Wildman–Crippen LogP) is 2.50. The van der Waals surface area contributed by atoms with E-state index in [4.69, 9.17) is 17.3 Å². The van der Waals surface area contributed by atoms with Crippen molar-refractivity contribution in [2.24, 2.45) is 5.73 Å². The lowest BCUT2D eigenvalue weighted by Gasteiger charge is -2.03. The molecule has 0 unspecified atom stereocenters. The molecule has 112 valence electrons. The molecular weight excluding hydrogens is 300 g/mol. The van der Waals surface area contributed by atoms with E-state index in [1.807, 2.05) is 37.5 Å². The number of hydrogen-bond acceptors (Lipinski definition) is 3. The van der Waals surface area contributed by atoms with Gasteiger partial charge in [-0.3, -0.25) is 4.79 Å². The molecule has 3 rings (SSSR count). The molecule has 3 N–H and O–H groups in total. The quantitative estimate of drug-likeness (QED) is 0.777. The van der Waals surface area contributed by atoms with E-state index in [0.29, 0.717) is 16.1 Å². The molecule has 6 heteroatoms. The van der Waals surface area contributed by atoms with Crippen LogP contribution in [0.1, 0.15) is 15.9 Å².